The first kappa shape index (κ1) is 24.2. The zero-order valence-electron chi connectivity index (χ0n) is 19.3. The Morgan fingerprint density at radius 3 is 2.82 bits per heavy atom. The number of nitriles is 1. The van der Waals surface area contributed by atoms with Gasteiger partial charge in [0.1, 0.15) is 27.6 Å². The quantitative estimate of drug-likeness (QED) is 0.484. The third-order valence-electron chi connectivity index (χ3n) is 5.48. The normalized spacial score (nSPS) is 16.0. The van der Waals surface area contributed by atoms with Crippen molar-refractivity contribution < 1.29 is 13.7 Å². The summed E-state index contributed by atoms with van der Waals surface area (Å²) in [5.74, 6) is 0.473. The SMILES string of the molecule is CC(=O)CS(=O)NC1CCCc2c(-c3nnc(-c4ccc(OC(C)C)c(C#N)c4)s3)cccc21. The largest absolute Gasteiger partial charge is 0.490 e. The van der Waals surface area contributed by atoms with Gasteiger partial charge in [-0.25, -0.2) is 8.93 Å². The second-order valence-corrected chi connectivity index (χ2v) is 10.7. The second-order valence-electron chi connectivity index (χ2n) is 8.53. The number of aromatic nitrogens is 2. The Morgan fingerprint density at radius 1 is 1.29 bits per heavy atom. The Balaban J connectivity index is 1.63. The Hall–Kier alpha value is -2.93. The van der Waals surface area contributed by atoms with Crippen molar-refractivity contribution in [1.82, 2.24) is 14.9 Å². The number of benzene rings is 2. The molecule has 2 unspecified atom stereocenters. The summed E-state index contributed by atoms with van der Waals surface area (Å²) in [5.41, 5.74) is 4.57. The molecule has 0 spiro atoms. The van der Waals surface area contributed by atoms with E-state index in [1.165, 1.54) is 23.8 Å². The summed E-state index contributed by atoms with van der Waals surface area (Å²) in [5, 5.41) is 19.9. The van der Waals surface area contributed by atoms with Crippen LogP contribution in [-0.4, -0.2) is 32.0 Å². The first-order valence-electron chi connectivity index (χ1n) is 11.2. The van der Waals surface area contributed by atoms with Gasteiger partial charge in [0.05, 0.1) is 28.4 Å². The molecular formula is C25H26N4O3S2. The highest BCUT2D eigenvalue weighted by molar-refractivity contribution is 7.83. The van der Waals surface area contributed by atoms with Gasteiger partial charge in [-0.3, -0.25) is 4.79 Å². The van der Waals surface area contributed by atoms with Crippen molar-refractivity contribution in [3.8, 4) is 33.0 Å². The van der Waals surface area contributed by atoms with Gasteiger partial charge in [0.15, 0.2) is 0 Å². The molecular weight excluding hydrogens is 468 g/mol. The van der Waals surface area contributed by atoms with Crippen molar-refractivity contribution in [1.29, 1.82) is 5.26 Å². The number of nitrogens with one attached hydrogen (secondary N) is 1. The molecule has 3 aromatic rings. The summed E-state index contributed by atoms with van der Waals surface area (Å²) >= 11 is 1.48. The number of carbonyl (C=O) groups is 1. The van der Waals surface area contributed by atoms with Gasteiger partial charge in [0.2, 0.25) is 0 Å². The lowest BCUT2D eigenvalue weighted by atomic mass is 9.85. The first-order chi connectivity index (χ1) is 16.4. The van der Waals surface area contributed by atoms with Crippen LogP contribution >= 0.6 is 11.3 Å². The lowest BCUT2D eigenvalue weighted by molar-refractivity contribution is -0.114. The molecule has 176 valence electrons. The van der Waals surface area contributed by atoms with E-state index in [2.05, 4.69) is 27.1 Å². The Morgan fingerprint density at radius 2 is 2.09 bits per heavy atom. The van der Waals surface area contributed by atoms with Gasteiger partial charge >= 0.3 is 0 Å². The number of ether oxygens (including phenoxy) is 1. The Labute approximate surface area is 205 Å². The molecule has 1 heterocycles. The molecule has 1 N–H and O–H groups in total. The molecule has 1 aliphatic rings. The van der Waals surface area contributed by atoms with Crippen molar-refractivity contribution in [3.63, 3.8) is 0 Å². The number of rotatable bonds is 8. The van der Waals surface area contributed by atoms with Gasteiger partial charge in [-0.05, 0) is 69.4 Å². The standard InChI is InChI=1S/C25H26N4O3S2/c1-15(2)32-23-11-10-17(12-18(23)13-26)24-27-28-25(33-24)21-8-4-7-20-19(21)6-5-9-22(20)29-34(31)14-16(3)30/h4,7-8,10-12,15,22,29H,5-6,9,14H2,1-3H3. The van der Waals surface area contributed by atoms with Gasteiger partial charge < -0.3 is 4.74 Å². The number of ketones is 1. The maximum Gasteiger partial charge on any atom is 0.148 e. The highest BCUT2D eigenvalue weighted by atomic mass is 32.2. The number of Topliss-reactive ketones (excluding diaryl/α,β-unsaturated/α-hetero) is 1. The topological polar surface area (TPSA) is 105 Å². The van der Waals surface area contributed by atoms with E-state index in [0.717, 1.165) is 46.0 Å². The van der Waals surface area contributed by atoms with Crippen LogP contribution in [0.25, 0.3) is 21.1 Å². The van der Waals surface area contributed by atoms with Crippen LogP contribution in [0.5, 0.6) is 5.75 Å². The molecule has 0 saturated heterocycles. The molecule has 7 nitrogen and oxygen atoms in total. The molecule has 0 fully saturated rings. The zero-order valence-corrected chi connectivity index (χ0v) is 21.0. The predicted octanol–water partition coefficient (Wildman–Crippen LogP) is 4.75. The van der Waals surface area contributed by atoms with Gasteiger partial charge in [0.25, 0.3) is 0 Å². The summed E-state index contributed by atoms with van der Waals surface area (Å²) in [6.07, 6.45) is 2.70. The van der Waals surface area contributed by atoms with Crippen LogP contribution in [0.1, 0.15) is 56.3 Å². The van der Waals surface area contributed by atoms with Crippen molar-refractivity contribution in [2.75, 3.05) is 5.75 Å². The molecule has 0 radical (unpaired) electrons. The predicted molar refractivity (Wildman–Crippen MR) is 134 cm³/mol. The van der Waals surface area contributed by atoms with Crippen LogP contribution in [0.4, 0.5) is 0 Å². The van der Waals surface area contributed by atoms with E-state index < -0.39 is 11.0 Å². The third-order valence-corrected chi connectivity index (χ3v) is 7.70. The van der Waals surface area contributed by atoms with E-state index in [9.17, 15) is 14.3 Å². The zero-order chi connectivity index (χ0) is 24.2. The van der Waals surface area contributed by atoms with Crippen LogP contribution in [0.2, 0.25) is 0 Å². The fraction of sp³-hybridized carbons (Fsp3) is 0.360. The molecule has 34 heavy (non-hydrogen) atoms. The van der Waals surface area contributed by atoms with Gasteiger partial charge in [0, 0.05) is 17.2 Å². The fourth-order valence-electron chi connectivity index (χ4n) is 4.11. The molecule has 2 atom stereocenters. The highest BCUT2D eigenvalue weighted by Gasteiger charge is 2.25. The van der Waals surface area contributed by atoms with E-state index in [0.29, 0.717) is 11.3 Å². The van der Waals surface area contributed by atoms with E-state index in [4.69, 9.17) is 4.74 Å². The van der Waals surface area contributed by atoms with Crippen molar-refractivity contribution in [2.24, 2.45) is 0 Å². The van der Waals surface area contributed by atoms with Crippen LogP contribution in [-0.2, 0) is 22.2 Å². The van der Waals surface area contributed by atoms with Crippen LogP contribution < -0.4 is 9.46 Å². The Bertz CT molecular complexity index is 1280. The summed E-state index contributed by atoms with van der Waals surface area (Å²) < 4.78 is 21.2. The molecule has 0 saturated carbocycles. The smallest absolute Gasteiger partial charge is 0.148 e. The molecule has 9 heteroatoms. The molecule has 1 aromatic heterocycles. The minimum Gasteiger partial charge on any atom is -0.490 e. The van der Waals surface area contributed by atoms with Gasteiger partial charge in [-0.15, -0.1) is 10.2 Å². The number of hydrogen-bond donors (Lipinski definition) is 1. The van der Waals surface area contributed by atoms with Gasteiger partial charge in [-0.1, -0.05) is 29.5 Å². The lowest BCUT2D eigenvalue weighted by Crippen LogP contribution is -2.30. The van der Waals surface area contributed by atoms with Gasteiger partial charge in [-0.2, -0.15) is 5.26 Å². The minimum atomic E-state index is -1.40. The molecule has 4 rings (SSSR count). The van der Waals surface area contributed by atoms with E-state index in [1.54, 1.807) is 12.1 Å². The van der Waals surface area contributed by atoms with Crippen molar-refractivity contribution in [3.05, 3.63) is 53.1 Å². The van der Waals surface area contributed by atoms with Crippen LogP contribution in [0.15, 0.2) is 36.4 Å². The van der Waals surface area contributed by atoms with E-state index >= 15 is 0 Å². The highest BCUT2D eigenvalue weighted by Crippen LogP contribution is 2.39. The van der Waals surface area contributed by atoms with E-state index in [-0.39, 0.29) is 23.7 Å². The van der Waals surface area contributed by atoms with Crippen molar-refractivity contribution >= 4 is 28.1 Å². The maximum atomic E-state index is 12.3. The fourth-order valence-corrected chi connectivity index (χ4v) is 6.02. The number of carbonyl (C=O) groups excluding carboxylic acids is 1. The summed E-state index contributed by atoms with van der Waals surface area (Å²) in [4.78, 5) is 11.3. The average molecular weight is 495 g/mol. The van der Waals surface area contributed by atoms with E-state index in [1.807, 2.05) is 32.0 Å². The second kappa shape index (κ2) is 10.6. The average Bonchev–Trinajstić information content (AvgIpc) is 3.28. The monoisotopic (exact) mass is 494 g/mol. The number of hydrogen-bond acceptors (Lipinski definition) is 7. The molecule has 0 aliphatic heterocycles. The number of nitrogens with zero attached hydrogens (tertiary/aromatic N) is 3. The van der Waals surface area contributed by atoms with Crippen LogP contribution in [0.3, 0.4) is 0 Å². The minimum absolute atomic E-state index is 0.0109. The molecule has 1 aliphatic carbocycles. The lowest BCUT2D eigenvalue weighted by Gasteiger charge is -2.27. The third kappa shape index (κ3) is 5.41. The first-order valence-corrected chi connectivity index (χ1v) is 13.3. The molecule has 0 bridgehead atoms. The van der Waals surface area contributed by atoms with Crippen LogP contribution in [0, 0.1) is 11.3 Å². The Kier molecular flexibility index (Phi) is 7.51. The molecule has 2 aromatic carbocycles. The summed E-state index contributed by atoms with van der Waals surface area (Å²) in [6, 6.07) is 13.7. The summed E-state index contributed by atoms with van der Waals surface area (Å²) in [6.45, 7) is 5.30. The van der Waals surface area contributed by atoms with Crippen molar-refractivity contribution in [2.45, 2.75) is 52.2 Å². The number of fused-ring (bicyclic) bond motifs is 1. The maximum absolute atomic E-state index is 12.3. The summed E-state index contributed by atoms with van der Waals surface area (Å²) in [7, 11) is -1.40. The molecule has 0 amide bonds.